The van der Waals surface area contributed by atoms with Crippen molar-refractivity contribution in [3.05, 3.63) is 0 Å². The van der Waals surface area contributed by atoms with Gasteiger partial charge in [0.1, 0.15) is 5.54 Å². The average molecular weight is 207 g/mol. The van der Waals surface area contributed by atoms with E-state index in [1.807, 2.05) is 0 Å². The SMILES string of the molecule is CC(C)(NC(=O)CCCCl)C(N)=O. The Labute approximate surface area is 82.8 Å². The molecule has 3 N–H and O–H groups in total. The fourth-order valence-electron chi connectivity index (χ4n) is 0.700. The van der Waals surface area contributed by atoms with Crippen LogP contribution in [0.15, 0.2) is 0 Å². The Balaban J connectivity index is 3.97. The van der Waals surface area contributed by atoms with Gasteiger partial charge in [0.25, 0.3) is 0 Å². The molecule has 0 rings (SSSR count). The van der Waals surface area contributed by atoms with Crippen LogP contribution in [0.5, 0.6) is 0 Å². The molecule has 0 spiro atoms. The lowest BCUT2D eigenvalue weighted by atomic mass is 10.0. The van der Waals surface area contributed by atoms with Crippen LogP contribution < -0.4 is 11.1 Å². The summed E-state index contributed by atoms with van der Waals surface area (Å²) in [7, 11) is 0. The molecule has 13 heavy (non-hydrogen) atoms. The molecule has 0 atom stereocenters. The molecule has 0 aromatic rings. The maximum absolute atomic E-state index is 11.1. The maximum atomic E-state index is 11.1. The van der Waals surface area contributed by atoms with Crippen molar-refractivity contribution < 1.29 is 9.59 Å². The molecule has 0 bridgehead atoms. The van der Waals surface area contributed by atoms with E-state index in [2.05, 4.69) is 5.32 Å². The van der Waals surface area contributed by atoms with E-state index in [4.69, 9.17) is 17.3 Å². The second kappa shape index (κ2) is 5.07. The Morgan fingerprint density at radius 3 is 2.38 bits per heavy atom. The van der Waals surface area contributed by atoms with Gasteiger partial charge in [-0.05, 0) is 20.3 Å². The van der Waals surface area contributed by atoms with Gasteiger partial charge in [-0.15, -0.1) is 11.6 Å². The molecule has 5 heteroatoms. The molecular formula is C8H15ClN2O2. The highest BCUT2D eigenvalue weighted by atomic mass is 35.5. The third-order valence-electron chi connectivity index (χ3n) is 1.61. The number of carbonyl (C=O) groups is 2. The molecule has 0 aliphatic heterocycles. The molecule has 0 fully saturated rings. The second-order valence-electron chi connectivity index (χ2n) is 3.33. The first-order valence-corrected chi connectivity index (χ1v) is 4.60. The van der Waals surface area contributed by atoms with Crippen LogP contribution in [0.4, 0.5) is 0 Å². The fraction of sp³-hybridized carbons (Fsp3) is 0.750. The van der Waals surface area contributed by atoms with Crippen LogP contribution in [-0.4, -0.2) is 23.2 Å². The summed E-state index contributed by atoms with van der Waals surface area (Å²) < 4.78 is 0. The molecular weight excluding hydrogens is 192 g/mol. The summed E-state index contributed by atoms with van der Waals surface area (Å²) in [5.41, 5.74) is 4.08. The summed E-state index contributed by atoms with van der Waals surface area (Å²) in [5, 5.41) is 2.52. The van der Waals surface area contributed by atoms with Crippen LogP contribution in [0.2, 0.25) is 0 Å². The molecule has 4 nitrogen and oxygen atoms in total. The van der Waals surface area contributed by atoms with E-state index in [1.165, 1.54) is 0 Å². The summed E-state index contributed by atoms with van der Waals surface area (Å²) in [4.78, 5) is 22.0. The van der Waals surface area contributed by atoms with Crippen molar-refractivity contribution in [2.24, 2.45) is 5.73 Å². The van der Waals surface area contributed by atoms with Gasteiger partial charge >= 0.3 is 0 Å². The molecule has 0 aliphatic rings. The number of carbonyl (C=O) groups excluding carboxylic acids is 2. The van der Waals surface area contributed by atoms with E-state index < -0.39 is 11.4 Å². The van der Waals surface area contributed by atoms with Crippen LogP contribution in [-0.2, 0) is 9.59 Å². The van der Waals surface area contributed by atoms with Crippen LogP contribution >= 0.6 is 11.6 Å². The Bertz CT molecular complexity index is 204. The quantitative estimate of drug-likeness (QED) is 0.639. The van der Waals surface area contributed by atoms with Crippen LogP contribution in [0.3, 0.4) is 0 Å². The molecule has 0 unspecified atom stereocenters. The number of hydrogen-bond donors (Lipinski definition) is 2. The lowest BCUT2D eigenvalue weighted by molar-refractivity contribution is -0.130. The standard InChI is InChI=1S/C8H15ClN2O2/c1-8(2,7(10)13)11-6(12)4-3-5-9/h3-5H2,1-2H3,(H2,10,13)(H,11,12). The Morgan fingerprint density at radius 1 is 1.46 bits per heavy atom. The van der Waals surface area contributed by atoms with Crippen molar-refractivity contribution in [3.8, 4) is 0 Å². The van der Waals surface area contributed by atoms with E-state index >= 15 is 0 Å². The molecule has 0 aliphatic carbocycles. The molecule has 76 valence electrons. The summed E-state index contributed by atoms with van der Waals surface area (Å²) in [6.45, 7) is 3.13. The molecule has 0 aromatic heterocycles. The fourth-order valence-corrected chi connectivity index (χ4v) is 0.834. The van der Waals surface area contributed by atoms with Crippen molar-refractivity contribution in [1.82, 2.24) is 5.32 Å². The van der Waals surface area contributed by atoms with Gasteiger partial charge in [-0.2, -0.15) is 0 Å². The zero-order valence-electron chi connectivity index (χ0n) is 7.89. The van der Waals surface area contributed by atoms with Crippen molar-refractivity contribution in [2.45, 2.75) is 32.2 Å². The topological polar surface area (TPSA) is 72.2 Å². The van der Waals surface area contributed by atoms with Gasteiger partial charge in [-0.3, -0.25) is 9.59 Å². The number of hydrogen-bond acceptors (Lipinski definition) is 2. The summed E-state index contributed by atoms with van der Waals surface area (Å²) >= 11 is 5.41. The van der Waals surface area contributed by atoms with Gasteiger partial charge in [0.15, 0.2) is 0 Å². The molecule has 0 radical (unpaired) electrons. The minimum atomic E-state index is -0.983. The van der Waals surface area contributed by atoms with Gasteiger partial charge in [0.05, 0.1) is 0 Å². The molecule has 0 heterocycles. The van der Waals surface area contributed by atoms with Gasteiger partial charge in [-0.25, -0.2) is 0 Å². The predicted octanol–water partition coefficient (Wildman–Crippen LogP) is 0.385. The number of primary amides is 1. The van der Waals surface area contributed by atoms with Crippen molar-refractivity contribution in [1.29, 1.82) is 0 Å². The molecule has 0 saturated heterocycles. The third kappa shape index (κ3) is 4.72. The zero-order chi connectivity index (χ0) is 10.5. The first-order valence-electron chi connectivity index (χ1n) is 4.07. The van der Waals surface area contributed by atoms with Crippen LogP contribution in [0.25, 0.3) is 0 Å². The third-order valence-corrected chi connectivity index (χ3v) is 1.87. The van der Waals surface area contributed by atoms with E-state index in [0.29, 0.717) is 18.7 Å². The van der Waals surface area contributed by atoms with Gasteiger partial charge in [0.2, 0.25) is 11.8 Å². The Morgan fingerprint density at radius 2 is 2.00 bits per heavy atom. The van der Waals surface area contributed by atoms with Gasteiger partial charge in [0, 0.05) is 12.3 Å². The first kappa shape index (κ1) is 12.2. The van der Waals surface area contributed by atoms with Gasteiger partial charge < -0.3 is 11.1 Å². The zero-order valence-corrected chi connectivity index (χ0v) is 8.65. The Kier molecular flexibility index (Phi) is 4.77. The van der Waals surface area contributed by atoms with E-state index in [1.54, 1.807) is 13.8 Å². The second-order valence-corrected chi connectivity index (χ2v) is 3.71. The minimum absolute atomic E-state index is 0.204. The van der Waals surface area contributed by atoms with Crippen LogP contribution in [0.1, 0.15) is 26.7 Å². The lowest BCUT2D eigenvalue weighted by Gasteiger charge is -2.21. The largest absolute Gasteiger partial charge is 0.368 e. The predicted molar refractivity (Wildman–Crippen MR) is 51.4 cm³/mol. The molecule has 2 amide bonds. The van der Waals surface area contributed by atoms with E-state index in [-0.39, 0.29) is 5.91 Å². The highest BCUT2D eigenvalue weighted by Crippen LogP contribution is 2.02. The van der Waals surface area contributed by atoms with Crippen molar-refractivity contribution in [3.63, 3.8) is 0 Å². The van der Waals surface area contributed by atoms with Gasteiger partial charge in [-0.1, -0.05) is 0 Å². The summed E-state index contributed by atoms with van der Waals surface area (Å²) in [6.07, 6.45) is 0.919. The maximum Gasteiger partial charge on any atom is 0.242 e. The smallest absolute Gasteiger partial charge is 0.242 e. The van der Waals surface area contributed by atoms with Crippen molar-refractivity contribution in [2.75, 3.05) is 5.88 Å². The monoisotopic (exact) mass is 206 g/mol. The van der Waals surface area contributed by atoms with E-state index in [9.17, 15) is 9.59 Å². The number of halogens is 1. The Hall–Kier alpha value is -0.770. The number of nitrogens with two attached hydrogens (primary N) is 1. The highest BCUT2D eigenvalue weighted by Gasteiger charge is 2.26. The number of nitrogens with one attached hydrogen (secondary N) is 1. The van der Waals surface area contributed by atoms with Crippen molar-refractivity contribution >= 4 is 23.4 Å². The minimum Gasteiger partial charge on any atom is -0.368 e. The lowest BCUT2D eigenvalue weighted by Crippen LogP contribution is -2.52. The highest BCUT2D eigenvalue weighted by molar-refractivity contribution is 6.17. The normalized spacial score (nSPS) is 11.0. The molecule has 0 aromatic carbocycles. The van der Waals surface area contributed by atoms with E-state index in [0.717, 1.165) is 0 Å². The number of amides is 2. The molecule has 0 saturated carbocycles. The first-order chi connectivity index (χ1) is 5.90. The summed E-state index contributed by atoms with van der Waals surface area (Å²) in [5.74, 6) is -0.319. The summed E-state index contributed by atoms with van der Waals surface area (Å²) in [6, 6.07) is 0. The van der Waals surface area contributed by atoms with Crippen LogP contribution in [0, 0.1) is 0 Å². The number of alkyl halides is 1. The number of rotatable bonds is 5. The average Bonchev–Trinajstić information content (AvgIpc) is 1.99.